The molecule has 0 aliphatic rings. The molecule has 1 amide bonds. The van der Waals surface area contributed by atoms with Crippen LogP contribution in [0.2, 0.25) is 0 Å². The predicted molar refractivity (Wildman–Crippen MR) is 138 cm³/mol. The van der Waals surface area contributed by atoms with Crippen molar-refractivity contribution in [2.75, 3.05) is 36.8 Å². The molecule has 2 aromatic carbocycles. The van der Waals surface area contributed by atoms with Gasteiger partial charge in [0.1, 0.15) is 0 Å². The number of aromatic nitrogens is 1. The second kappa shape index (κ2) is 11.9. The van der Waals surface area contributed by atoms with E-state index in [0.29, 0.717) is 12.3 Å². The molecule has 0 radical (unpaired) electrons. The number of likely N-dealkylation sites (N-methyl/N-ethyl adjacent to an activating group) is 1. The number of thiazole rings is 1. The quantitative estimate of drug-likeness (QED) is 0.348. The van der Waals surface area contributed by atoms with E-state index in [0.717, 1.165) is 40.7 Å². The third-order valence-electron chi connectivity index (χ3n) is 5.38. The molecule has 0 spiro atoms. The van der Waals surface area contributed by atoms with Crippen LogP contribution in [0.1, 0.15) is 30.5 Å². The summed E-state index contributed by atoms with van der Waals surface area (Å²) in [6, 6.07) is 12.6. The molecule has 0 saturated heterocycles. The van der Waals surface area contributed by atoms with Crippen molar-refractivity contribution in [3.63, 3.8) is 0 Å². The Labute approximate surface area is 200 Å². The summed E-state index contributed by atoms with van der Waals surface area (Å²) in [4.78, 5) is 23.5. The molecule has 0 aliphatic carbocycles. The first-order chi connectivity index (χ1) is 14.4. The Kier molecular flexibility index (Phi) is 9.82. The third kappa shape index (κ3) is 6.45. The van der Waals surface area contributed by atoms with E-state index in [-0.39, 0.29) is 18.3 Å². The van der Waals surface area contributed by atoms with Crippen molar-refractivity contribution in [3.8, 4) is 0 Å². The molecule has 31 heavy (non-hydrogen) atoms. The molecule has 3 aromatic rings. The lowest BCUT2D eigenvalue weighted by molar-refractivity contribution is -0.116. The van der Waals surface area contributed by atoms with Crippen LogP contribution in [0.3, 0.4) is 0 Å². The van der Waals surface area contributed by atoms with Crippen molar-refractivity contribution >= 4 is 56.8 Å². The van der Waals surface area contributed by atoms with E-state index in [4.69, 9.17) is 4.98 Å². The molecule has 0 atom stereocenters. The molecule has 4 nitrogen and oxygen atoms in total. The van der Waals surface area contributed by atoms with Crippen molar-refractivity contribution in [3.05, 3.63) is 53.1 Å². The van der Waals surface area contributed by atoms with Crippen molar-refractivity contribution in [1.82, 2.24) is 9.88 Å². The average Bonchev–Trinajstić information content (AvgIpc) is 3.20. The maximum Gasteiger partial charge on any atom is 0.239 e. The van der Waals surface area contributed by atoms with Gasteiger partial charge in [0.05, 0.1) is 16.0 Å². The second-order valence-corrected chi connectivity index (χ2v) is 9.57. The highest BCUT2D eigenvalue weighted by atomic mass is 35.5. The highest BCUT2D eigenvalue weighted by molar-refractivity contribution is 8.00. The lowest BCUT2D eigenvalue weighted by atomic mass is 10.1. The number of halogens is 1. The number of hydrogen-bond acceptors (Lipinski definition) is 5. The number of carbonyl (C=O) groups is 1. The van der Waals surface area contributed by atoms with Crippen LogP contribution in [0.25, 0.3) is 10.2 Å². The minimum Gasteiger partial charge on any atom is -0.302 e. The van der Waals surface area contributed by atoms with Gasteiger partial charge in [0, 0.05) is 18.0 Å². The monoisotopic (exact) mass is 477 g/mol. The van der Waals surface area contributed by atoms with E-state index in [1.807, 2.05) is 4.90 Å². The Bertz CT molecular complexity index is 961. The maximum absolute atomic E-state index is 13.3. The molecular weight excluding hydrogens is 446 g/mol. The van der Waals surface area contributed by atoms with Gasteiger partial charge in [-0.05, 0) is 57.1 Å². The number of benzene rings is 2. The molecule has 1 aromatic heterocycles. The van der Waals surface area contributed by atoms with Gasteiger partial charge in [-0.15, -0.1) is 24.2 Å². The molecule has 0 unspecified atom stereocenters. The lowest BCUT2D eigenvalue weighted by Crippen LogP contribution is -2.39. The van der Waals surface area contributed by atoms with Crippen LogP contribution in [-0.4, -0.2) is 47.7 Å². The fourth-order valence-electron chi connectivity index (χ4n) is 3.33. The van der Waals surface area contributed by atoms with Crippen molar-refractivity contribution in [1.29, 1.82) is 0 Å². The number of anilines is 1. The molecule has 3 rings (SSSR count). The topological polar surface area (TPSA) is 36.4 Å². The first kappa shape index (κ1) is 25.7. The van der Waals surface area contributed by atoms with Crippen LogP contribution in [-0.2, 0) is 4.79 Å². The number of amides is 1. The number of carbonyl (C=O) groups excluding carboxylic acids is 1. The Balaban J connectivity index is 0.00000341. The van der Waals surface area contributed by atoms with Crippen molar-refractivity contribution in [2.45, 2.75) is 39.5 Å². The minimum atomic E-state index is 0. The van der Waals surface area contributed by atoms with Crippen LogP contribution < -0.4 is 4.90 Å². The number of nitrogens with zero attached hydrogens (tertiary/aromatic N) is 3. The van der Waals surface area contributed by atoms with Gasteiger partial charge in [0.25, 0.3) is 0 Å². The molecular formula is C24H32ClN3OS2. The van der Waals surface area contributed by atoms with E-state index in [1.54, 1.807) is 23.1 Å². The molecule has 7 heteroatoms. The summed E-state index contributed by atoms with van der Waals surface area (Å²) < 4.78 is 1.18. The first-order valence-electron chi connectivity index (χ1n) is 10.5. The van der Waals surface area contributed by atoms with E-state index < -0.39 is 0 Å². The number of rotatable bonds is 9. The highest BCUT2D eigenvalue weighted by Gasteiger charge is 2.21. The van der Waals surface area contributed by atoms with Gasteiger partial charge in [0.15, 0.2) is 5.13 Å². The third-order valence-corrected chi connectivity index (χ3v) is 7.59. The van der Waals surface area contributed by atoms with Crippen LogP contribution >= 0.6 is 35.5 Å². The lowest BCUT2D eigenvalue weighted by Gasteiger charge is -2.24. The van der Waals surface area contributed by atoms with Crippen LogP contribution in [0.4, 0.5) is 5.13 Å². The fourth-order valence-corrected chi connectivity index (χ4v) is 5.26. The van der Waals surface area contributed by atoms with E-state index in [1.165, 1.54) is 15.8 Å². The van der Waals surface area contributed by atoms with Crippen molar-refractivity contribution < 1.29 is 4.79 Å². The Hall–Kier alpha value is -1.60. The zero-order chi connectivity index (χ0) is 21.7. The van der Waals surface area contributed by atoms with Gasteiger partial charge in [-0.25, -0.2) is 4.98 Å². The van der Waals surface area contributed by atoms with Gasteiger partial charge in [-0.1, -0.05) is 55.0 Å². The van der Waals surface area contributed by atoms with E-state index in [2.05, 4.69) is 75.9 Å². The van der Waals surface area contributed by atoms with Gasteiger partial charge in [-0.2, -0.15) is 0 Å². The molecule has 0 aliphatic heterocycles. The molecule has 0 N–H and O–H groups in total. The number of thioether (sulfide) groups is 1. The highest BCUT2D eigenvalue weighted by Crippen LogP contribution is 2.33. The zero-order valence-corrected chi connectivity index (χ0v) is 21.4. The van der Waals surface area contributed by atoms with E-state index >= 15 is 0 Å². The average molecular weight is 478 g/mol. The van der Waals surface area contributed by atoms with Gasteiger partial charge in [0.2, 0.25) is 5.91 Å². The molecule has 0 fully saturated rings. The predicted octanol–water partition coefficient (Wildman–Crippen LogP) is 6.11. The summed E-state index contributed by atoms with van der Waals surface area (Å²) >= 11 is 3.22. The number of fused-ring (bicyclic) bond motifs is 1. The van der Waals surface area contributed by atoms with Crippen LogP contribution in [0.5, 0.6) is 0 Å². The van der Waals surface area contributed by atoms with Gasteiger partial charge >= 0.3 is 0 Å². The largest absolute Gasteiger partial charge is 0.302 e. The SMILES string of the molecule is CCN(CC)CCN(C(=O)CSc1ccc(C)cc1)c1nc2c(C)ccc(C)c2s1.Cl. The fraction of sp³-hybridized carbons (Fsp3) is 0.417. The van der Waals surface area contributed by atoms with Crippen LogP contribution in [0, 0.1) is 20.8 Å². The molecule has 0 saturated carbocycles. The minimum absolute atomic E-state index is 0. The van der Waals surface area contributed by atoms with Gasteiger partial charge < -0.3 is 4.90 Å². The summed E-state index contributed by atoms with van der Waals surface area (Å²) in [7, 11) is 0. The number of hydrogen-bond donors (Lipinski definition) is 0. The van der Waals surface area contributed by atoms with Gasteiger partial charge in [-0.3, -0.25) is 9.69 Å². The number of aryl methyl sites for hydroxylation is 3. The molecule has 0 bridgehead atoms. The zero-order valence-electron chi connectivity index (χ0n) is 19.0. The van der Waals surface area contributed by atoms with E-state index in [9.17, 15) is 4.79 Å². The summed E-state index contributed by atoms with van der Waals surface area (Å²) in [5.74, 6) is 0.525. The Morgan fingerprint density at radius 1 is 0.968 bits per heavy atom. The van der Waals surface area contributed by atoms with Crippen LogP contribution in [0.15, 0.2) is 41.3 Å². The molecule has 1 heterocycles. The summed E-state index contributed by atoms with van der Waals surface area (Å²) in [5, 5.41) is 0.809. The Morgan fingerprint density at radius 3 is 2.23 bits per heavy atom. The molecule has 168 valence electrons. The Morgan fingerprint density at radius 2 is 1.61 bits per heavy atom. The summed E-state index contributed by atoms with van der Waals surface area (Å²) in [6.07, 6.45) is 0. The summed E-state index contributed by atoms with van der Waals surface area (Å²) in [6.45, 7) is 14.1. The maximum atomic E-state index is 13.3. The standard InChI is InChI=1S/C24H31N3OS2.ClH/c1-6-26(7-2)14-15-27(21(28)16-29-20-12-8-17(3)9-13-20)24-25-22-18(4)10-11-19(5)23(22)30-24;/h8-13H,6-7,14-16H2,1-5H3;1H. The second-order valence-electron chi connectivity index (χ2n) is 7.55. The van der Waals surface area contributed by atoms with Crippen molar-refractivity contribution in [2.24, 2.45) is 0 Å². The smallest absolute Gasteiger partial charge is 0.239 e. The normalized spacial score (nSPS) is 11.0. The first-order valence-corrected chi connectivity index (χ1v) is 12.3. The summed E-state index contributed by atoms with van der Waals surface area (Å²) in [5.41, 5.74) is 4.61.